The van der Waals surface area contributed by atoms with Crippen molar-refractivity contribution in [1.29, 1.82) is 0 Å². The Bertz CT molecular complexity index is 1720. The monoisotopic (exact) mass is 762 g/mol. The highest BCUT2D eigenvalue weighted by Gasteiger charge is 2.33. The number of rotatable bonds is 7. The molecule has 0 N–H and O–H groups in total. The summed E-state index contributed by atoms with van der Waals surface area (Å²) in [5, 5.41) is 0. The van der Waals surface area contributed by atoms with Crippen molar-refractivity contribution in [3.8, 4) is 5.75 Å². The first-order valence-electron chi connectivity index (χ1n) is 12.3. The van der Waals surface area contributed by atoms with Gasteiger partial charge in [0.1, 0.15) is 12.4 Å². The largest absolute Gasteiger partial charge is 0.487 e. The minimum absolute atomic E-state index is 0.198. The summed E-state index contributed by atoms with van der Waals surface area (Å²) in [5.41, 5.74) is 3.55. The number of fused-ring (bicyclic) bond motifs is 1. The van der Waals surface area contributed by atoms with Crippen LogP contribution in [0.1, 0.15) is 36.6 Å². The molecule has 1 aromatic heterocycles. The fourth-order valence-electron chi connectivity index (χ4n) is 4.42. The van der Waals surface area contributed by atoms with E-state index in [1.165, 1.54) is 11.3 Å². The van der Waals surface area contributed by atoms with Crippen LogP contribution >= 0.6 is 56.5 Å². The van der Waals surface area contributed by atoms with Gasteiger partial charge in [0.15, 0.2) is 4.80 Å². The number of esters is 1. The summed E-state index contributed by atoms with van der Waals surface area (Å²) in [6.45, 7) is 4.27. The second-order valence-electron chi connectivity index (χ2n) is 8.80. The number of aromatic nitrogens is 1. The number of halogens is 2. The molecule has 3 aromatic carbocycles. The van der Waals surface area contributed by atoms with Crippen molar-refractivity contribution in [2.45, 2.75) is 26.5 Å². The highest BCUT2D eigenvalue weighted by atomic mass is 127. The van der Waals surface area contributed by atoms with E-state index in [4.69, 9.17) is 9.47 Å². The molecule has 1 unspecified atom stereocenters. The predicted octanol–water partition coefficient (Wildman–Crippen LogP) is 5.59. The first-order valence-corrected chi connectivity index (χ1v) is 15.2. The van der Waals surface area contributed by atoms with Gasteiger partial charge in [0.25, 0.3) is 5.56 Å². The van der Waals surface area contributed by atoms with Gasteiger partial charge in [-0.3, -0.25) is 9.36 Å². The second kappa shape index (κ2) is 12.2. The predicted molar refractivity (Wildman–Crippen MR) is 169 cm³/mol. The molecule has 0 fully saturated rings. The van der Waals surface area contributed by atoms with E-state index in [2.05, 4.69) is 50.2 Å². The number of thiazole rings is 1. The molecular formula is C30H24I2N2O4S. The van der Waals surface area contributed by atoms with Crippen LogP contribution < -0.4 is 19.6 Å². The Morgan fingerprint density at radius 1 is 1.05 bits per heavy atom. The number of allylic oxidation sites excluding steroid dienone is 1. The standard InChI is InChI=1S/C30H24I2N2O4S/c1-3-37-29(36)25-18(2)33-30-34(26(25)21-12-8-5-9-13-21)28(35)24(39-30)16-20-14-22(31)27(23(32)15-20)38-17-19-10-6-4-7-11-19/h4-16,26H,3,17H2,1-2H3/b24-16+. The summed E-state index contributed by atoms with van der Waals surface area (Å²) in [4.78, 5) is 32.0. The zero-order valence-corrected chi connectivity index (χ0v) is 26.3. The Balaban J connectivity index is 1.56. The molecule has 4 aromatic rings. The number of carbonyl (C=O) groups excluding carboxylic acids is 1. The highest BCUT2D eigenvalue weighted by molar-refractivity contribution is 14.1. The number of nitrogens with zero attached hydrogens (tertiary/aromatic N) is 2. The molecule has 0 saturated heterocycles. The van der Waals surface area contributed by atoms with Gasteiger partial charge >= 0.3 is 5.97 Å². The Labute approximate surface area is 257 Å². The second-order valence-corrected chi connectivity index (χ2v) is 12.1. The number of hydrogen-bond donors (Lipinski definition) is 0. The lowest BCUT2D eigenvalue weighted by molar-refractivity contribution is -0.139. The third-order valence-electron chi connectivity index (χ3n) is 6.18. The Hall–Kier alpha value is -2.77. The quantitative estimate of drug-likeness (QED) is 0.182. The van der Waals surface area contributed by atoms with Gasteiger partial charge in [0.05, 0.1) is 35.6 Å². The molecule has 198 valence electrons. The molecular weight excluding hydrogens is 738 g/mol. The van der Waals surface area contributed by atoms with Gasteiger partial charge in [0.2, 0.25) is 0 Å². The average molecular weight is 762 g/mol. The van der Waals surface area contributed by atoms with Crippen LogP contribution in [0.2, 0.25) is 0 Å². The third-order valence-corrected chi connectivity index (χ3v) is 8.76. The van der Waals surface area contributed by atoms with E-state index in [0.717, 1.165) is 29.6 Å². The minimum atomic E-state index is -0.613. The molecule has 2 heterocycles. The van der Waals surface area contributed by atoms with Crippen LogP contribution in [0.25, 0.3) is 6.08 Å². The van der Waals surface area contributed by atoms with Gasteiger partial charge in [-0.25, -0.2) is 9.79 Å². The molecule has 0 saturated carbocycles. The molecule has 9 heteroatoms. The Morgan fingerprint density at radius 3 is 2.33 bits per heavy atom. The van der Waals surface area contributed by atoms with Crippen molar-refractivity contribution in [2.24, 2.45) is 4.99 Å². The van der Waals surface area contributed by atoms with Crippen LogP contribution in [-0.4, -0.2) is 17.1 Å². The van der Waals surface area contributed by atoms with Gasteiger partial charge < -0.3 is 9.47 Å². The fraction of sp³-hybridized carbons (Fsp3) is 0.167. The molecule has 1 aliphatic heterocycles. The number of benzene rings is 3. The number of hydrogen-bond acceptors (Lipinski definition) is 6. The van der Waals surface area contributed by atoms with Gasteiger partial charge in [-0.2, -0.15) is 0 Å². The lowest BCUT2D eigenvalue weighted by atomic mass is 9.96. The van der Waals surface area contributed by atoms with Crippen molar-refractivity contribution >= 4 is 68.6 Å². The van der Waals surface area contributed by atoms with Crippen molar-refractivity contribution in [2.75, 3.05) is 6.61 Å². The fourth-order valence-corrected chi connectivity index (χ4v) is 7.60. The lowest BCUT2D eigenvalue weighted by Crippen LogP contribution is -2.39. The third kappa shape index (κ3) is 5.90. The molecule has 0 radical (unpaired) electrons. The zero-order chi connectivity index (χ0) is 27.5. The van der Waals surface area contributed by atoms with E-state index in [1.54, 1.807) is 18.4 Å². The van der Waals surface area contributed by atoms with Gasteiger partial charge in [-0.1, -0.05) is 72.0 Å². The Kier molecular flexibility index (Phi) is 8.67. The summed E-state index contributed by atoms with van der Waals surface area (Å²) in [6, 6.07) is 23.0. The average Bonchev–Trinajstić information content (AvgIpc) is 3.22. The van der Waals surface area contributed by atoms with Crippen LogP contribution in [0, 0.1) is 7.14 Å². The van der Waals surface area contributed by atoms with E-state index in [1.807, 2.05) is 78.9 Å². The lowest BCUT2D eigenvalue weighted by Gasteiger charge is -2.24. The highest BCUT2D eigenvalue weighted by Crippen LogP contribution is 2.31. The van der Waals surface area contributed by atoms with Crippen LogP contribution in [0.4, 0.5) is 0 Å². The first-order chi connectivity index (χ1) is 18.9. The van der Waals surface area contributed by atoms with Crippen LogP contribution in [0.3, 0.4) is 0 Å². The molecule has 5 rings (SSSR count). The summed E-state index contributed by atoms with van der Waals surface area (Å²) < 4.78 is 15.5. The number of ether oxygens (including phenoxy) is 2. The first kappa shape index (κ1) is 27.8. The molecule has 0 aliphatic carbocycles. The van der Waals surface area contributed by atoms with E-state index in [-0.39, 0.29) is 12.2 Å². The zero-order valence-electron chi connectivity index (χ0n) is 21.2. The van der Waals surface area contributed by atoms with Gasteiger partial charge in [-0.05, 0) is 93.9 Å². The maximum Gasteiger partial charge on any atom is 0.338 e. The molecule has 1 atom stereocenters. The summed E-state index contributed by atoms with van der Waals surface area (Å²) in [5.74, 6) is 0.356. The van der Waals surface area contributed by atoms with E-state index < -0.39 is 12.0 Å². The van der Waals surface area contributed by atoms with Crippen molar-refractivity contribution < 1.29 is 14.3 Å². The summed E-state index contributed by atoms with van der Waals surface area (Å²) >= 11 is 5.85. The molecule has 1 aliphatic rings. The topological polar surface area (TPSA) is 69.9 Å². The summed E-state index contributed by atoms with van der Waals surface area (Å²) in [6.07, 6.45) is 1.88. The molecule has 0 spiro atoms. The van der Waals surface area contributed by atoms with Gasteiger partial charge in [-0.15, -0.1) is 0 Å². The molecule has 39 heavy (non-hydrogen) atoms. The van der Waals surface area contributed by atoms with Gasteiger partial charge in [0, 0.05) is 0 Å². The smallest absolute Gasteiger partial charge is 0.338 e. The van der Waals surface area contributed by atoms with Crippen LogP contribution in [0.5, 0.6) is 5.75 Å². The van der Waals surface area contributed by atoms with E-state index >= 15 is 0 Å². The molecule has 6 nitrogen and oxygen atoms in total. The van der Waals surface area contributed by atoms with Crippen LogP contribution in [-0.2, 0) is 16.1 Å². The van der Waals surface area contributed by atoms with Crippen LogP contribution in [0.15, 0.2) is 93.9 Å². The van der Waals surface area contributed by atoms with Crippen molar-refractivity contribution in [3.05, 3.63) is 128 Å². The van der Waals surface area contributed by atoms with E-state index in [9.17, 15) is 9.59 Å². The molecule has 0 bridgehead atoms. The van der Waals surface area contributed by atoms with Crippen molar-refractivity contribution in [3.63, 3.8) is 0 Å². The maximum absolute atomic E-state index is 13.8. The van der Waals surface area contributed by atoms with Crippen molar-refractivity contribution in [1.82, 2.24) is 4.57 Å². The number of carbonyl (C=O) groups is 1. The normalized spacial score (nSPS) is 15.1. The maximum atomic E-state index is 13.8. The van der Waals surface area contributed by atoms with E-state index in [0.29, 0.717) is 27.2 Å². The SMILES string of the molecule is CCOC(=O)C1=C(C)N=c2s/c(=C/c3cc(I)c(OCc4ccccc4)c(I)c3)c(=O)n2C1c1ccccc1. The Morgan fingerprint density at radius 2 is 1.69 bits per heavy atom. The summed E-state index contributed by atoms with van der Waals surface area (Å²) in [7, 11) is 0. The minimum Gasteiger partial charge on any atom is -0.487 e. The molecule has 0 amide bonds.